The summed E-state index contributed by atoms with van der Waals surface area (Å²) in [5.74, 6) is -1.28. The van der Waals surface area contributed by atoms with Crippen LogP contribution >= 0.6 is 11.8 Å². The minimum Gasteiger partial charge on any atom is -0.481 e. The molecule has 0 saturated carbocycles. The number of carbonyl (C=O) groups excluding carboxylic acids is 1. The summed E-state index contributed by atoms with van der Waals surface area (Å²) in [6.07, 6.45) is 0.324. The first kappa shape index (κ1) is 16.5. The molecule has 0 aliphatic rings. The fraction of sp³-hybridized carbons (Fsp3) is 0.429. The molecule has 1 rings (SSSR count). The minimum absolute atomic E-state index is 0.0901. The van der Waals surface area contributed by atoms with Gasteiger partial charge in [-0.2, -0.15) is 0 Å². The van der Waals surface area contributed by atoms with Crippen LogP contribution in [0.4, 0.5) is 4.39 Å². The number of amides is 1. The van der Waals surface area contributed by atoms with Crippen molar-refractivity contribution in [3.8, 4) is 0 Å². The van der Waals surface area contributed by atoms with Gasteiger partial charge in [0.15, 0.2) is 0 Å². The molecule has 0 radical (unpaired) electrons. The van der Waals surface area contributed by atoms with E-state index in [0.29, 0.717) is 12.2 Å². The first-order valence-corrected chi connectivity index (χ1v) is 7.24. The minimum atomic E-state index is -0.912. The van der Waals surface area contributed by atoms with E-state index in [9.17, 15) is 14.0 Å². The SMILES string of the molecule is CC(CN(C)C(=O)CCSc1ccc(F)cc1)C(=O)O. The molecule has 0 aromatic heterocycles. The Balaban J connectivity index is 2.32. The molecule has 1 N–H and O–H groups in total. The molecular formula is C14H18FNO3S. The van der Waals surface area contributed by atoms with E-state index in [0.717, 1.165) is 4.90 Å². The Labute approximate surface area is 122 Å². The third-order valence-electron chi connectivity index (χ3n) is 2.79. The van der Waals surface area contributed by atoms with Crippen LogP contribution in [0.1, 0.15) is 13.3 Å². The summed E-state index contributed by atoms with van der Waals surface area (Å²) in [5, 5.41) is 8.79. The van der Waals surface area contributed by atoms with E-state index in [-0.39, 0.29) is 18.3 Å². The first-order valence-electron chi connectivity index (χ1n) is 6.25. The summed E-state index contributed by atoms with van der Waals surface area (Å²) in [4.78, 5) is 24.9. The lowest BCUT2D eigenvalue weighted by atomic mass is 10.2. The summed E-state index contributed by atoms with van der Waals surface area (Å²) < 4.78 is 12.7. The van der Waals surface area contributed by atoms with E-state index >= 15 is 0 Å². The van der Waals surface area contributed by atoms with E-state index in [1.165, 1.54) is 28.8 Å². The van der Waals surface area contributed by atoms with Crippen LogP contribution in [0.25, 0.3) is 0 Å². The number of hydrogen-bond acceptors (Lipinski definition) is 3. The Kier molecular flexibility index (Phi) is 6.51. The van der Waals surface area contributed by atoms with Crippen molar-refractivity contribution >= 4 is 23.6 Å². The first-order chi connectivity index (χ1) is 9.40. The number of rotatable bonds is 7. The van der Waals surface area contributed by atoms with E-state index < -0.39 is 11.9 Å². The van der Waals surface area contributed by atoms with Gasteiger partial charge in [0, 0.05) is 30.7 Å². The van der Waals surface area contributed by atoms with Crippen LogP contribution in [0.3, 0.4) is 0 Å². The quantitative estimate of drug-likeness (QED) is 0.786. The number of carboxylic acid groups (broad SMARTS) is 1. The Morgan fingerprint density at radius 1 is 1.35 bits per heavy atom. The van der Waals surface area contributed by atoms with Gasteiger partial charge in [-0.25, -0.2) is 4.39 Å². The molecular weight excluding hydrogens is 281 g/mol. The van der Waals surface area contributed by atoms with Crippen molar-refractivity contribution in [2.75, 3.05) is 19.3 Å². The number of halogens is 1. The van der Waals surface area contributed by atoms with Crippen molar-refractivity contribution in [3.05, 3.63) is 30.1 Å². The largest absolute Gasteiger partial charge is 0.481 e. The average molecular weight is 299 g/mol. The van der Waals surface area contributed by atoms with Crippen LogP contribution in [0.2, 0.25) is 0 Å². The van der Waals surface area contributed by atoms with Crippen LogP contribution in [-0.4, -0.2) is 41.2 Å². The van der Waals surface area contributed by atoms with E-state index in [4.69, 9.17) is 5.11 Å². The smallest absolute Gasteiger partial charge is 0.308 e. The lowest BCUT2D eigenvalue weighted by molar-refractivity contribution is -0.142. The maximum absolute atomic E-state index is 12.7. The summed E-state index contributed by atoms with van der Waals surface area (Å²) in [7, 11) is 1.60. The molecule has 20 heavy (non-hydrogen) atoms. The van der Waals surface area contributed by atoms with Gasteiger partial charge in [-0.15, -0.1) is 11.8 Å². The molecule has 1 aromatic rings. The molecule has 0 bridgehead atoms. The molecule has 4 nitrogen and oxygen atoms in total. The van der Waals surface area contributed by atoms with Crippen molar-refractivity contribution in [3.63, 3.8) is 0 Å². The number of hydrogen-bond donors (Lipinski definition) is 1. The average Bonchev–Trinajstić information content (AvgIpc) is 2.40. The molecule has 1 amide bonds. The molecule has 0 saturated heterocycles. The molecule has 0 aliphatic heterocycles. The lowest BCUT2D eigenvalue weighted by Crippen LogP contribution is -2.33. The summed E-state index contributed by atoms with van der Waals surface area (Å²) in [5.41, 5.74) is 0. The fourth-order valence-corrected chi connectivity index (χ4v) is 2.41. The van der Waals surface area contributed by atoms with Crippen LogP contribution in [-0.2, 0) is 9.59 Å². The predicted octanol–water partition coefficient (Wildman–Crippen LogP) is 2.49. The summed E-state index contributed by atoms with van der Waals surface area (Å²) in [6, 6.07) is 6.09. The Morgan fingerprint density at radius 3 is 2.50 bits per heavy atom. The Morgan fingerprint density at radius 2 is 1.95 bits per heavy atom. The zero-order valence-corrected chi connectivity index (χ0v) is 12.3. The highest BCUT2D eigenvalue weighted by Gasteiger charge is 2.16. The molecule has 110 valence electrons. The zero-order valence-electron chi connectivity index (χ0n) is 11.5. The van der Waals surface area contributed by atoms with Crippen LogP contribution < -0.4 is 0 Å². The third kappa shape index (κ3) is 5.61. The summed E-state index contributed by atoms with van der Waals surface area (Å²) in [6.45, 7) is 1.77. The van der Waals surface area contributed by atoms with Crippen LogP contribution in [0, 0.1) is 11.7 Å². The van der Waals surface area contributed by atoms with Crippen molar-refractivity contribution in [1.29, 1.82) is 0 Å². The second-order valence-corrected chi connectivity index (χ2v) is 5.73. The fourth-order valence-electron chi connectivity index (χ4n) is 1.57. The van der Waals surface area contributed by atoms with E-state index in [1.807, 2.05) is 0 Å². The van der Waals surface area contributed by atoms with Gasteiger partial charge < -0.3 is 10.0 Å². The Hall–Kier alpha value is -1.56. The van der Waals surface area contributed by atoms with E-state index in [2.05, 4.69) is 0 Å². The third-order valence-corrected chi connectivity index (χ3v) is 3.81. The van der Waals surface area contributed by atoms with Gasteiger partial charge >= 0.3 is 5.97 Å². The molecule has 1 aromatic carbocycles. The maximum Gasteiger partial charge on any atom is 0.308 e. The van der Waals surface area contributed by atoms with Gasteiger partial charge in [-0.1, -0.05) is 6.92 Å². The molecule has 0 heterocycles. The predicted molar refractivity (Wildman–Crippen MR) is 76.2 cm³/mol. The van der Waals surface area contributed by atoms with Crippen LogP contribution in [0.15, 0.2) is 29.2 Å². The molecule has 0 spiro atoms. The lowest BCUT2D eigenvalue weighted by Gasteiger charge is -2.19. The van der Waals surface area contributed by atoms with Gasteiger partial charge in [0.05, 0.1) is 5.92 Å². The number of aliphatic carboxylic acids is 1. The molecule has 6 heteroatoms. The van der Waals surface area contributed by atoms with Gasteiger partial charge in [-0.05, 0) is 24.3 Å². The van der Waals surface area contributed by atoms with Crippen molar-refractivity contribution in [1.82, 2.24) is 4.90 Å². The maximum atomic E-state index is 12.7. The van der Waals surface area contributed by atoms with Gasteiger partial charge in [0.25, 0.3) is 0 Å². The highest BCUT2D eigenvalue weighted by molar-refractivity contribution is 7.99. The number of carboxylic acids is 1. The van der Waals surface area contributed by atoms with Crippen molar-refractivity contribution in [2.24, 2.45) is 5.92 Å². The molecule has 0 fully saturated rings. The van der Waals surface area contributed by atoms with Crippen LogP contribution in [0.5, 0.6) is 0 Å². The standard InChI is InChI=1S/C14H18FNO3S/c1-10(14(18)19)9-16(2)13(17)7-8-20-12-5-3-11(15)4-6-12/h3-6,10H,7-9H2,1-2H3,(H,18,19). The Bertz CT molecular complexity index is 464. The zero-order chi connectivity index (χ0) is 15.1. The highest BCUT2D eigenvalue weighted by Crippen LogP contribution is 2.19. The van der Waals surface area contributed by atoms with Crippen molar-refractivity contribution < 1.29 is 19.1 Å². The molecule has 1 unspecified atom stereocenters. The summed E-state index contributed by atoms with van der Waals surface area (Å²) >= 11 is 1.47. The number of thioether (sulfide) groups is 1. The van der Waals surface area contributed by atoms with Gasteiger partial charge in [-0.3, -0.25) is 9.59 Å². The second kappa shape index (κ2) is 7.89. The van der Waals surface area contributed by atoms with Crippen molar-refractivity contribution in [2.45, 2.75) is 18.2 Å². The van der Waals surface area contributed by atoms with Gasteiger partial charge in [0.1, 0.15) is 5.82 Å². The normalized spacial score (nSPS) is 11.9. The molecule has 0 aliphatic carbocycles. The number of carbonyl (C=O) groups is 2. The topological polar surface area (TPSA) is 57.6 Å². The number of benzene rings is 1. The molecule has 1 atom stereocenters. The van der Waals surface area contributed by atoms with E-state index in [1.54, 1.807) is 26.1 Å². The monoisotopic (exact) mass is 299 g/mol. The number of nitrogens with zero attached hydrogens (tertiary/aromatic N) is 1. The van der Waals surface area contributed by atoms with Gasteiger partial charge in [0.2, 0.25) is 5.91 Å². The second-order valence-electron chi connectivity index (χ2n) is 4.57. The highest BCUT2D eigenvalue weighted by atomic mass is 32.2.